The van der Waals surface area contributed by atoms with Crippen LogP contribution < -0.4 is 15.2 Å². The van der Waals surface area contributed by atoms with Gasteiger partial charge in [-0.05, 0) is 29.3 Å². The molecule has 2 rings (SSSR count). The molecule has 0 aliphatic carbocycles. The van der Waals surface area contributed by atoms with Gasteiger partial charge in [0.1, 0.15) is 0 Å². The lowest BCUT2D eigenvalue weighted by atomic mass is 10.0. The van der Waals surface area contributed by atoms with Gasteiger partial charge in [-0.25, -0.2) is 13.2 Å². The number of benzene rings is 2. The van der Waals surface area contributed by atoms with E-state index in [4.69, 9.17) is 15.2 Å². The number of ether oxygens (including phenoxy) is 2. The van der Waals surface area contributed by atoms with E-state index in [2.05, 4.69) is 0 Å². The molecule has 0 unspecified atom stereocenters. The van der Waals surface area contributed by atoms with Gasteiger partial charge in [0.15, 0.2) is 17.3 Å². The van der Waals surface area contributed by atoms with E-state index < -0.39 is 11.7 Å². The van der Waals surface area contributed by atoms with Crippen molar-refractivity contribution in [3.8, 4) is 11.5 Å². The standard InChI is InChI=1S/C18H18F3NO2/c1-18(20,21)13-7-6-12(15(22)10-13)5-4-11-8-14(19)17(24-3)16(9-11)23-2/h4-10H,22H2,1-3H3. The average molecular weight is 337 g/mol. The van der Waals surface area contributed by atoms with E-state index >= 15 is 0 Å². The van der Waals surface area contributed by atoms with Crippen LogP contribution in [0.25, 0.3) is 12.2 Å². The van der Waals surface area contributed by atoms with Crippen LogP contribution in [0.4, 0.5) is 18.9 Å². The van der Waals surface area contributed by atoms with E-state index in [1.807, 2.05) is 0 Å². The fourth-order valence-electron chi connectivity index (χ4n) is 2.22. The van der Waals surface area contributed by atoms with Gasteiger partial charge >= 0.3 is 0 Å². The highest BCUT2D eigenvalue weighted by Gasteiger charge is 2.24. The summed E-state index contributed by atoms with van der Waals surface area (Å²) in [6.45, 7) is 0.809. The second-order valence-corrected chi connectivity index (χ2v) is 5.30. The van der Waals surface area contributed by atoms with E-state index in [-0.39, 0.29) is 22.7 Å². The van der Waals surface area contributed by atoms with E-state index in [0.29, 0.717) is 11.1 Å². The Balaban J connectivity index is 2.33. The lowest BCUT2D eigenvalue weighted by Gasteiger charge is -2.12. The molecular weight excluding hydrogens is 319 g/mol. The third kappa shape index (κ3) is 3.82. The molecular formula is C18H18F3NO2. The summed E-state index contributed by atoms with van der Waals surface area (Å²) in [4.78, 5) is 0. The number of nitrogen functional groups attached to an aromatic ring is 1. The summed E-state index contributed by atoms with van der Waals surface area (Å²) in [5.74, 6) is -3.25. The first-order valence-corrected chi connectivity index (χ1v) is 7.13. The van der Waals surface area contributed by atoms with Crippen LogP contribution in [0.5, 0.6) is 11.5 Å². The Morgan fingerprint density at radius 3 is 2.29 bits per heavy atom. The highest BCUT2D eigenvalue weighted by Crippen LogP contribution is 2.33. The number of nitrogens with two attached hydrogens (primary N) is 1. The predicted octanol–water partition coefficient (Wildman–Crippen LogP) is 4.71. The van der Waals surface area contributed by atoms with Gasteiger partial charge in [0.25, 0.3) is 5.92 Å². The molecule has 0 fully saturated rings. The molecule has 0 saturated heterocycles. The minimum Gasteiger partial charge on any atom is -0.493 e. The van der Waals surface area contributed by atoms with Crippen molar-refractivity contribution in [2.24, 2.45) is 0 Å². The number of halogens is 3. The van der Waals surface area contributed by atoms with Gasteiger partial charge in [0.2, 0.25) is 0 Å². The normalized spacial score (nSPS) is 11.8. The molecule has 0 aliphatic rings. The van der Waals surface area contributed by atoms with Crippen LogP contribution in [0, 0.1) is 5.82 Å². The first-order chi connectivity index (χ1) is 11.3. The SMILES string of the molecule is COc1cc(C=Cc2ccc(C(C)(F)F)cc2N)cc(F)c1OC. The van der Waals surface area contributed by atoms with Crippen molar-refractivity contribution in [3.05, 3.63) is 52.8 Å². The number of hydrogen-bond donors (Lipinski definition) is 1. The number of hydrogen-bond acceptors (Lipinski definition) is 3. The molecule has 2 aromatic rings. The number of rotatable bonds is 5. The third-order valence-electron chi connectivity index (χ3n) is 3.50. The van der Waals surface area contributed by atoms with Crippen LogP contribution in [-0.4, -0.2) is 14.2 Å². The summed E-state index contributed by atoms with van der Waals surface area (Å²) in [6.07, 6.45) is 3.23. The van der Waals surface area contributed by atoms with Gasteiger partial charge in [0.05, 0.1) is 14.2 Å². The summed E-state index contributed by atoms with van der Waals surface area (Å²) in [5.41, 5.74) is 6.94. The van der Waals surface area contributed by atoms with Gasteiger partial charge in [-0.1, -0.05) is 24.3 Å². The predicted molar refractivity (Wildman–Crippen MR) is 88.9 cm³/mol. The summed E-state index contributed by atoms with van der Waals surface area (Å²) in [6, 6.07) is 6.92. The van der Waals surface area contributed by atoms with Crippen molar-refractivity contribution in [2.75, 3.05) is 20.0 Å². The van der Waals surface area contributed by atoms with Gasteiger partial charge in [-0.15, -0.1) is 0 Å². The fourth-order valence-corrected chi connectivity index (χ4v) is 2.22. The van der Waals surface area contributed by atoms with Crippen LogP contribution in [0.2, 0.25) is 0 Å². The monoisotopic (exact) mass is 337 g/mol. The summed E-state index contributed by atoms with van der Waals surface area (Å²) in [7, 11) is 2.76. The second-order valence-electron chi connectivity index (χ2n) is 5.30. The first-order valence-electron chi connectivity index (χ1n) is 7.13. The van der Waals surface area contributed by atoms with Crippen LogP contribution in [-0.2, 0) is 5.92 Å². The molecule has 0 bridgehead atoms. The highest BCUT2D eigenvalue weighted by atomic mass is 19.3. The van der Waals surface area contributed by atoms with Gasteiger partial charge < -0.3 is 15.2 Å². The number of alkyl halides is 2. The molecule has 0 amide bonds. The molecule has 0 aliphatic heterocycles. The Morgan fingerprint density at radius 1 is 1.04 bits per heavy atom. The molecule has 0 saturated carbocycles. The molecule has 0 radical (unpaired) electrons. The Kier molecular flexibility index (Phi) is 5.07. The van der Waals surface area contributed by atoms with Crippen LogP contribution in [0.3, 0.4) is 0 Å². The van der Waals surface area contributed by atoms with Crippen molar-refractivity contribution < 1.29 is 22.6 Å². The quantitative estimate of drug-likeness (QED) is 0.635. The average Bonchev–Trinajstić information content (AvgIpc) is 2.52. The van der Waals surface area contributed by atoms with E-state index in [0.717, 1.165) is 6.92 Å². The maximum Gasteiger partial charge on any atom is 0.270 e. The second kappa shape index (κ2) is 6.86. The molecule has 128 valence electrons. The Labute approximate surface area is 138 Å². The molecule has 3 nitrogen and oxygen atoms in total. The molecule has 0 heterocycles. The van der Waals surface area contributed by atoms with Gasteiger partial charge in [0, 0.05) is 18.2 Å². The smallest absolute Gasteiger partial charge is 0.270 e. The van der Waals surface area contributed by atoms with Gasteiger partial charge in [-0.3, -0.25) is 0 Å². The molecule has 0 atom stereocenters. The topological polar surface area (TPSA) is 44.5 Å². The summed E-state index contributed by atoms with van der Waals surface area (Å²) < 4.78 is 50.5. The first kappa shape index (κ1) is 17.7. The van der Waals surface area contributed by atoms with Crippen LogP contribution >= 0.6 is 0 Å². The Hall–Kier alpha value is -2.63. The Morgan fingerprint density at radius 2 is 1.75 bits per heavy atom. The fraction of sp³-hybridized carbons (Fsp3) is 0.222. The van der Waals surface area contributed by atoms with Gasteiger partial charge in [-0.2, -0.15) is 0 Å². The molecule has 24 heavy (non-hydrogen) atoms. The van der Waals surface area contributed by atoms with Crippen LogP contribution in [0.1, 0.15) is 23.6 Å². The molecule has 0 spiro atoms. The minimum absolute atomic E-state index is 0.0173. The zero-order valence-corrected chi connectivity index (χ0v) is 13.6. The summed E-state index contributed by atoms with van der Waals surface area (Å²) in [5, 5.41) is 0. The summed E-state index contributed by atoms with van der Waals surface area (Å²) >= 11 is 0. The largest absolute Gasteiger partial charge is 0.493 e. The lowest BCUT2D eigenvalue weighted by Crippen LogP contribution is -2.07. The highest BCUT2D eigenvalue weighted by molar-refractivity contribution is 5.76. The molecule has 0 aromatic heterocycles. The van der Waals surface area contributed by atoms with Crippen molar-refractivity contribution in [3.63, 3.8) is 0 Å². The lowest BCUT2D eigenvalue weighted by molar-refractivity contribution is 0.0175. The van der Waals surface area contributed by atoms with E-state index in [1.165, 1.54) is 38.5 Å². The van der Waals surface area contributed by atoms with E-state index in [9.17, 15) is 13.2 Å². The number of anilines is 1. The zero-order chi connectivity index (χ0) is 17.9. The molecule has 2 N–H and O–H groups in total. The van der Waals surface area contributed by atoms with Crippen molar-refractivity contribution in [1.29, 1.82) is 0 Å². The minimum atomic E-state index is -2.96. The Bertz CT molecular complexity index is 768. The van der Waals surface area contributed by atoms with Crippen molar-refractivity contribution >= 4 is 17.8 Å². The third-order valence-corrected chi connectivity index (χ3v) is 3.50. The maximum atomic E-state index is 13.9. The van der Waals surface area contributed by atoms with Crippen LogP contribution in [0.15, 0.2) is 30.3 Å². The molecule has 2 aromatic carbocycles. The number of methoxy groups -OCH3 is 2. The van der Waals surface area contributed by atoms with Crippen molar-refractivity contribution in [2.45, 2.75) is 12.8 Å². The van der Waals surface area contributed by atoms with E-state index in [1.54, 1.807) is 18.2 Å². The zero-order valence-electron chi connectivity index (χ0n) is 13.6. The van der Waals surface area contributed by atoms with Crippen molar-refractivity contribution in [1.82, 2.24) is 0 Å². The maximum absolute atomic E-state index is 13.9. The molecule has 6 heteroatoms.